The molecule has 2 aromatic rings. The van der Waals surface area contributed by atoms with Gasteiger partial charge in [-0.15, -0.1) is 0 Å². The van der Waals surface area contributed by atoms with E-state index in [9.17, 15) is 4.79 Å². The Kier molecular flexibility index (Phi) is 4.12. The Morgan fingerprint density at radius 1 is 1.38 bits per heavy atom. The summed E-state index contributed by atoms with van der Waals surface area (Å²) in [7, 11) is 1.73. The first-order chi connectivity index (χ1) is 10.2. The molecule has 0 radical (unpaired) electrons. The third-order valence-electron chi connectivity index (χ3n) is 4.34. The summed E-state index contributed by atoms with van der Waals surface area (Å²) >= 11 is 0. The maximum Gasteiger partial charge on any atom is 0.419 e. The number of aryl methyl sites for hydroxylation is 1. The Hall–Kier alpha value is -1.59. The number of hydrogen-bond donors (Lipinski definition) is 1. The van der Waals surface area contributed by atoms with E-state index in [1.165, 1.54) is 10.1 Å². The summed E-state index contributed by atoms with van der Waals surface area (Å²) in [5.74, 6) is 0.250. The Morgan fingerprint density at radius 2 is 2.14 bits per heavy atom. The standard InChI is InChI=1S/C16H22N2O3/c1-3-17-15(11-6-8-20-9-7-11)12-4-5-13-14(10-12)21-16(19)18(13)2/h4-5,10-11,15,17H,3,6-9H2,1-2H3. The third-order valence-corrected chi connectivity index (χ3v) is 4.34. The number of aromatic nitrogens is 1. The Balaban J connectivity index is 1.96. The van der Waals surface area contributed by atoms with Gasteiger partial charge in [0.1, 0.15) is 0 Å². The van der Waals surface area contributed by atoms with Crippen molar-refractivity contribution in [2.24, 2.45) is 13.0 Å². The Labute approximate surface area is 123 Å². The lowest BCUT2D eigenvalue weighted by Gasteiger charge is -2.31. The molecule has 5 heteroatoms. The van der Waals surface area contributed by atoms with Crippen molar-refractivity contribution in [3.63, 3.8) is 0 Å². The summed E-state index contributed by atoms with van der Waals surface area (Å²) in [6.45, 7) is 4.69. The second-order valence-corrected chi connectivity index (χ2v) is 5.64. The zero-order valence-electron chi connectivity index (χ0n) is 12.6. The molecule has 1 aromatic carbocycles. The number of fused-ring (bicyclic) bond motifs is 1. The summed E-state index contributed by atoms with van der Waals surface area (Å²) in [6, 6.07) is 6.35. The first-order valence-corrected chi connectivity index (χ1v) is 7.61. The molecule has 1 aromatic heterocycles. The minimum absolute atomic E-state index is 0.286. The topological polar surface area (TPSA) is 56.4 Å². The van der Waals surface area contributed by atoms with Crippen molar-refractivity contribution in [3.8, 4) is 0 Å². The number of oxazole rings is 1. The van der Waals surface area contributed by atoms with E-state index in [-0.39, 0.29) is 11.8 Å². The molecule has 0 amide bonds. The minimum Gasteiger partial charge on any atom is -0.408 e. The van der Waals surface area contributed by atoms with Crippen LogP contribution >= 0.6 is 0 Å². The molecule has 1 unspecified atom stereocenters. The molecule has 0 spiro atoms. The maximum atomic E-state index is 11.6. The molecule has 1 atom stereocenters. The van der Waals surface area contributed by atoms with Crippen LogP contribution in [0.4, 0.5) is 0 Å². The number of ether oxygens (including phenoxy) is 1. The molecular formula is C16H22N2O3. The summed E-state index contributed by atoms with van der Waals surface area (Å²) < 4.78 is 12.3. The molecule has 0 bridgehead atoms. The molecule has 0 saturated carbocycles. The van der Waals surface area contributed by atoms with Crippen molar-refractivity contribution in [2.45, 2.75) is 25.8 Å². The zero-order chi connectivity index (χ0) is 14.8. The van der Waals surface area contributed by atoms with Crippen molar-refractivity contribution >= 4 is 11.1 Å². The van der Waals surface area contributed by atoms with Crippen molar-refractivity contribution in [2.75, 3.05) is 19.8 Å². The normalized spacial score (nSPS) is 18.2. The largest absolute Gasteiger partial charge is 0.419 e. The van der Waals surface area contributed by atoms with Crippen molar-refractivity contribution in [3.05, 3.63) is 34.3 Å². The Morgan fingerprint density at radius 3 is 2.86 bits per heavy atom. The lowest BCUT2D eigenvalue weighted by molar-refractivity contribution is 0.0538. The second-order valence-electron chi connectivity index (χ2n) is 5.64. The van der Waals surface area contributed by atoms with Gasteiger partial charge in [0.15, 0.2) is 5.58 Å². The molecule has 3 rings (SSSR count). The van der Waals surface area contributed by atoms with Gasteiger partial charge in [-0.05, 0) is 43.0 Å². The predicted molar refractivity (Wildman–Crippen MR) is 81.4 cm³/mol. The van der Waals surface area contributed by atoms with Gasteiger partial charge in [-0.2, -0.15) is 0 Å². The number of nitrogens with zero attached hydrogens (tertiary/aromatic N) is 1. The quantitative estimate of drug-likeness (QED) is 0.938. The second kappa shape index (κ2) is 6.03. The lowest BCUT2D eigenvalue weighted by atomic mass is 9.87. The fourth-order valence-electron chi connectivity index (χ4n) is 3.17. The molecule has 1 aliphatic rings. The van der Waals surface area contributed by atoms with Crippen molar-refractivity contribution in [1.29, 1.82) is 0 Å². The molecule has 0 aliphatic carbocycles. The van der Waals surface area contributed by atoms with Gasteiger partial charge in [-0.25, -0.2) is 4.79 Å². The molecule has 2 heterocycles. The van der Waals surface area contributed by atoms with Crippen LogP contribution in [-0.4, -0.2) is 24.3 Å². The van der Waals surface area contributed by atoms with Gasteiger partial charge in [0, 0.05) is 26.3 Å². The van der Waals surface area contributed by atoms with Gasteiger partial charge in [-0.3, -0.25) is 4.57 Å². The van der Waals surface area contributed by atoms with Crippen LogP contribution in [0.5, 0.6) is 0 Å². The van der Waals surface area contributed by atoms with E-state index in [0.717, 1.165) is 38.1 Å². The number of rotatable bonds is 4. The molecule has 1 aliphatic heterocycles. The van der Waals surface area contributed by atoms with E-state index in [4.69, 9.17) is 9.15 Å². The summed E-state index contributed by atoms with van der Waals surface area (Å²) in [6.07, 6.45) is 2.13. The van der Waals surface area contributed by atoms with Gasteiger partial charge in [0.2, 0.25) is 0 Å². The predicted octanol–water partition coefficient (Wildman–Crippen LogP) is 2.21. The van der Waals surface area contributed by atoms with Crippen molar-refractivity contribution < 1.29 is 9.15 Å². The minimum atomic E-state index is -0.312. The molecule has 114 valence electrons. The lowest BCUT2D eigenvalue weighted by Crippen LogP contribution is -2.32. The highest BCUT2D eigenvalue weighted by Gasteiger charge is 2.25. The van der Waals surface area contributed by atoms with E-state index in [2.05, 4.69) is 18.3 Å². The third kappa shape index (κ3) is 2.76. The summed E-state index contributed by atoms with van der Waals surface area (Å²) in [5.41, 5.74) is 2.69. The van der Waals surface area contributed by atoms with Crippen LogP contribution in [0, 0.1) is 5.92 Å². The van der Waals surface area contributed by atoms with E-state index >= 15 is 0 Å². The number of benzene rings is 1. The number of hydrogen-bond acceptors (Lipinski definition) is 4. The average molecular weight is 290 g/mol. The van der Waals surface area contributed by atoms with Crippen LogP contribution in [0.2, 0.25) is 0 Å². The molecule has 5 nitrogen and oxygen atoms in total. The fraction of sp³-hybridized carbons (Fsp3) is 0.562. The van der Waals surface area contributed by atoms with Gasteiger partial charge in [0.25, 0.3) is 0 Å². The van der Waals surface area contributed by atoms with E-state index in [1.807, 2.05) is 12.1 Å². The van der Waals surface area contributed by atoms with E-state index < -0.39 is 0 Å². The van der Waals surface area contributed by atoms with E-state index in [0.29, 0.717) is 11.5 Å². The first kappa shape index (κ1) is 14.4. The SMILES string of the molecule is CCNC(c1ccc2c(c1)oc(=O)n2C)C1CCOCC1. The van der Waals surface area contributed by atoms with Crippen LogP contribution in [0.3, 0.4) is 0 Å². The Bertz CT molecular complexity index is 668. The average Bonchev–Trinajstić information content (AvgIpc) is 2.80. The van der Waals surface area contributed by atoms with Gasteiger partial charge in [-0.1, -0.05) is 13.0 Å². The fourth-order valence-corrected chi connectivity index (χ4v) is 3.17. The molecule has 21 heavy (non-hydrogen) atoms. The van der Waals surface area contributed by atoms with Crippen LogP contribution in [0.15, 0.2) is 27.4 Å². The zero-order valence-corrected chi connectivity index (χ0v) is 12.6. The molecular weight excluding hydrogens is 268 g/mol. The highest BCUT2D eigenvalue weighted by Crippen LogP contribution is 2.31. The van der Waals surface area contributed by atoms with Crippen LogP contribution < -0.4 is 11.1 Å². The number of nitrogens with one attached hydrogen (secondary N) is 1. The first-order valence-electron chi connectivity index (χ1n) is 7.61. The van der Waals surface area contributed by atoms with Gasteiger partial charge < -0.3 is 14.5 Å². The van der Waals surface area contributed by atoms with Crippen molar-refractivity contribution in [1.82, 2.24) is 9.88 Å². The molecule has 1 saturated heterocycles. The van der Waals surface area contributed by atoms with E-state index in [1.54, 1.807) is 7.05 Å². The highest BCUT2D eigenvalue weighted by molar-refractivity contribution is 5.73. The van der Waals surface area contributed by atoms with Crippen LogP contribution in [0.25, 0.3) is 11.1 Å². The summed E-state index contributed by atoms with van der Waals surface area (Å²) in [4.78, 5) is 11.6. The molecule has 1 fully saturated rings. The summed E-state index contributed by atoms with van der Waals surface area (Å²) in [5, 5.41) is 3.57. The molecule has 1 N–H and O–H groups in total. The van der Waals surface area contributed by atoms with Crippen LogP contribution in [0.1, 0.15) is 31.4 Å². The smallest absolute Gasteiger partial charge is 0.408 e. The van der Waals surface area contributed by atoms with Gasteiger partial charge >= 0.3 is 5.76 Å². The highest BCUT2D eigenvalue weighted by atomic mass is 16.5. The maximum absolute atomic E-state index is 11.6. The monoisotopic (exact) mass is 290 g/mol. The van der Waals surface area contributed by atoms with Crippen LogP contribution in [-0.2, 0) is 11.8 Å². The van der Waals surface area contributed by atoms with Gasteiger partial charge in [0.05, 0.1) is 5.52 Å².